The van der Waals surface area contributed by atoms with Crippen LogP contribution in [-0.4, -0.2) is 64.8 Å². The van der Waals surface area contributed by atoms with Gasteiger partial charge in [0, 0.05) is 36.0 Å². The Kier molecular flexibility index (Phi) is 6.06. The van der Waals surface area contributed by atoms with Gasteiger partial charge in [-0.1, -0.05) is 39.0 Å². The van der Waals surface area contributed by atoms with E-state index in [1.54, 1.807) is 0 Å². The molecule has 2 unspecified atom stereocenters. The highest BCUT2D eigenvalue weighted by Crippen LogP contribution is 2.70. The molecule has 0 radical (unpaired) electrons. The molecule has 0 aromatic heterocycles. The van der Waals surface area contributed by atoms with E-state index in [-0.39, 0.29) is 22.9 Å². The molecular weight excluding hydrogens is 328 g/mol. The summed E-state index contributed by atoms with van der Waals surface area (Å²) < 4.78 is 5.48. The van der Waals surface area contributed by atoms with Gasteiger partial charge in [-0.2, -0.15) is 5.06 Å². The van der Waals surface area contributed by atoms with Crippen molar-refractivity contribution in [3.05, 3.63) is 0 Å². The van der Waals surface area contributed by atoms with Gasteiger partial charge in [-0.15, -0.1) is 0 Å². The van der Waals surface area contributed by atoms with E-state index in [9.17, 15) is 5.11 Å². The summed E-state index contributed by atoms with van der Waals surface area (Å²) in [6, 6.07) is 0. The van der Waals surface area contributed by atoms with Crippen LogP contribution in [-0.2, 0) is 9.57 Å². The monoisotopic (exact) mass is 368 g/mol. The molecule has 2 atom stereocenters. The zero-order chi connectivity index (χ0) is 19.0. The number of unbranched alkanes of at least 4 members (excludes halogenated alkanes) is 5. The van der Waals surface area contributed by atoms with Crippen LogP contribution in [0.25, 0.3) is 0 Å². The Morgan fingerprint density at radius 3 is 2.04 bits per heavy atom. The van der Waals surface area contributed by atoms with Crippen molar-refractivity contribution in [3.63, 3.8) is 0 Å². The first-order valence-electron chi connectivity index (χ1n) is 10.8. The Morgan fingerprint density at radius 2 is 1.46 bits per heavy atom. The lowest BCUT2D eigenvalue weighted by Gasteiger charge is -2.47. The number of morpholine rings is 1. The Bertz CT molecular complexity index is 452. The lowest BCUT2D eigenvalue weighted by molar-refractivity contribution is -0.275. The maximum absolute atomic E-state index is 11.5. The molecule has 26 heavy (non-hydrogen) atoms. The van der Waals surface area contributed by atoms with Crippen molar-refractivity contribution in [2.24, 2.45) is 11.8 Å². The Labute approximate surface area is 160 Å². The van der Waals surface area contributed by atoms with Crippen LogP contribution in [0.2, 0.25) is 0 Å². The van der Waals surface area contributed by atoms with Crippen molar-refractivity contribution >= 4 is 0 Å². The zero-order valence-electron chi connectivity index (χ0n) is 17.6. The Morgan fingerprint density at radius 1 is 0.923 bits per heavy atom. The van der Waals surface area contributed by atoms with Crippen molar-refractivity contribution in [1.29, 1.82) is 0 Å². The van der Waals surface area contributed by atoms with E-state index >= 15 is 0 Å². The molecule has 0 bridgehead atoms. The highest BCUT2D eigenvalue weighted by atomic mass is 16.7. The second-order valence-corrected chi connectivity index (χ2v) is 9.54. The van der Waals surface area contributed by atoms with Gasteiger partial charge < -0.3 is 9.84 Å². The van der Waals surface area contributed by atoms with Gasteiger partial charge in [-0.3, -0.25) is 9.74 Å². The number of hydrogen-bond acceptors (Lipinski definition) is 5. The van der Waals surface area contributed by atoms with Crippen LogP contribution < -0.4 is 0 Å². The summed E-state index contributed by atoms with van der Waals surface area (Å²) in [7, 11) is 0. The van der Waals surface area contributed by atoms with Gasteiger partial charge in [0.2, 0.25) is 0 Å². The maximum atomic E-state index is 11.5. The van der Waals surface area contributed by atoms with Crippen LogP contribution >= 0.6 is 0 Å². The fourth-order valence-electron chi connectivity index (χ4n) is 5.90. The van der Waals surface area contributed by atoms with E-state index in [4.69, 9.17) is 9.57 Å². The number of hydrogen-bond donors (Lipinski definition) is 1. The van der Waals surface area contributed by atoms with E-state index in [0.717, 1.165) is 39.3 Å². The molecule has 1 N–H and O–H groups in total. The number of fused-ring (bicyclic) bond motifs is 1. The molecular formula is C21H40N2O3. The van der Waals surface area contributed by atoms with Crippen molar-refractivity contribution in [3.8, 4) is 0 Å². The molecule has 5 nitrogen and oxygen atoms in total. The van der Waals surface area contributed by atoms with Gasteiger partial charge in [0.15, 0.2) is 0 Å². The quantitative estimate of drug-likeness (QED) is 0.632. The summed E-state index contributed by atoms with van der Waals surface area (Å²) in [5.41, 5.74) is -1.02. The second-order valence-electron chi connectivity index (χ2n) is 9.54. The molecule has 0 spiro atoms. The van der Waals surface area contributed by atoms with E-state index in [1.807, 2.05) is 0 Å². The predicted octanol–water partition coefficient (Wildman–Crippen LogP) is 3.42. The van der Waals surface area contributed by atoms with Crippen LogP contribution in [0.15, 0.2) is 0 Å². The largest absolute Gasteiger partial charge is 0.379 e. The van der Waals surface area contributed by atoms with Crippen LogP contribution in [0.5, 0.6) is 0 Å². The minimum atomic E-state index is -0.698. The number of piperidine rings is 1. The van der Waals surface area contributed by atoms with Crippen molar-refractivity contribution in [1.82, 2.24) is 9.96 Å². The number of nitrogens with zero attached hydrogens (tertiary/aromatic N) is 2. The Hall–Kier alpha value is -0.200. The molecule has 1 saturated carbocycles. The third-order valence-electron chi connectivity index (χ3n) is 6.94. The standard InChI is InChI=1S/C21H40N2O3/c1-6-7-8-9-10-11-14-26-23-19(2,3)17-18(20(23,4)5)21(17,24)22-12-15-25-16-13-22/h17-18,24H,6-16H2,1-5H3. The van der Waals surface area contributed by atoms with Gasteiger partial charge in [0.25, 0.3) is 0 Å². The lowest BCUT2D eigenvalue weighted by atomic mass is 9.95. The third kappa shape index (κ3) is 3.35. The molecule has 2 saturated heterocycles. The minimum Gasteiger partial charge on any atom is -0.379 e. The first-order chi connectivity index (χ1) is 12.3. The zero-order valence-corrected chi connectivity index (χ0v) is 17.6. The van der Waals surface area contributed by atoms with Crippen LogP contribution in [0, 0.1) is 11.8 Å². The number of aliphatic hydroxyl groups is 1. The molecule has 152 valence electrons. The summed E-state index contributed by atoms with van der Waals surface area (Å²) in [4.78, 5) is 8.55. The highest BCUT2D eigenvalue weighted by molar-refractivity contribution is 5.30. The Balaban J connectivity index is 1.56. The lowest BCUT2D eigenvalue weighted by Crippen LogP contribution is -2.60. The molecule has 3 fully saturated rings. The number of ether oxygens (including phenoxy) is 1. The fraction of sp³-hybridized carbons (Fsp3) is 1.00. The van der Waals surface area contributed by atoms with Crippen molar-refractivity contribution < 1.29 is 14.7 Å². The smallest absolute Gasteiger partial charge is 0.129 e. The third-order valence-corrected chi connectivity index (χ3v) is 6.94. The van der Waals surface area contributed by atoms with Crippen LogP contribution in [0.3, 0.4) is 0 Å². The molecule has 0 aromatic rings. The highest BCUT2D eigenvalue weighted by Gasteiger charge is 2.83. The molecule has 0 aromatic carbocycles. The van der Waals surface area contributed by atoms with Gasteiger partial charge in [0.1, 0.15) is 5.72 Å². The number of hydroxylamine groups is 2. The topological polar surface area (TPSA) is 45.2 Å². The van der Waals surface area contributed by atoms with Crippen molar-refractivity contribution in [2.45, 2.75) is 89.9 Å². The summed E-state index contributed by atoms with van der Waals surface area (Å²) in [5.74, 6) is 0.459. The maximum Gasteiger partial charge on any atom is 0.129 e. The van der Waals surface area contributed by atoms with E-state index in [0.29, 0.717) is 0 Å². The summed E-state index contributed by atoms with van der Waals surface area (Å²) >= 11 is 0. The molecule has 5 heteroatoms. The predicted molar refractivity (Wildman–Crippen MR) is 104 cm³/mol. The fourth-order valence-corrected chi connectivity index (χ4v) is 5.90. The molecule has 3 rings (SSSR count). The van der Waals surface area contributed by atoms with Gasteiger partial charge in [0.05, 0.1) is 19.8 Å². The summed E-state index contributed by atoms with van der Waals surface area (Å²) in [5, 5.41) is 13.7. The van der Waals surface area contributed by atoms with Crippen molar-refractivity contribution in [2.75, 3.05) is 32.9 Å². The second kappa shape index (κ2) is 7.67. The summed E-state index contributed by atoms with van der Waals surface area (Å²) in [6.45, 7) is 15.1. The van der Waals surface area contributed by atoms with E-state index < -0.39 is 5.72 Å². The average molecular weight is 369 g/mol. The molecule has 2 aliphatic heterocycles. The van der Waals surface area contributed by atoms with Gasteiger partial charge >= 0.3 is 0 Å². The SMILES string of the molecule is CCCCCCCCON1C(C)(C)C2C(C1(C)C)C2(O)N1CCOCC1. The first kappa shape index (κ1) is 20.5. The van der Waals surface area contributed by atoms with E-state index in [1.165, 1.54) is 32.1 Å². The molecule has 2 heterocycles. The normalized spacial score (nSPS) is 36.2. The van der Waals surface area contributed by atoms with E-state index in [2.05, 4.69) is 44.6 Å². The van der Waals surface area contributed by atoms with Crippen LogP contribution in [0.1, 0.15) is 73.1 Å². The first-order valence-corrected chi connectivity index (χ1v) is 10.8. The van der Waals surface area contributed by atoms with Gasteiger partial charge in [-0.25, -0.2) is 0 Å². The average Bonchev–Trinajstić information content (AvgIpc) is 3.22. The molecule has 1 aliphatic carbocycles. The summed E-state index contributed by atoms with van der Waals surface area (Å²) in [6.07, 6.45) is 7.66. The number of rotatable bonds is 9. The minimum absolute atomic E-state index is 0.163. The molecule has 3 aliphatic rings. The van der Waals surface area contributed by atoms with Gasteiger partial charge in [-0.05, 0) is 34.1 Å². The van der Waals surface area contributed by atoms with Crippen LogP contribution in [0.4, 0.5) is 0 Å². The molecule has 0 amide bonds.